The highest BCUT2D eigenvalue weighted by Gasteiger charge is 2.29. The van der Waals surface area contributed by atoms with Crippen molar-refractivity contribution in [3.05, 3.63) is 74.1 Å². The quantitative estimate of drug-likeness (QED) is 0.454. The third kappa shape index (κ3) is 3.57. The van der Waals surface area contributed by atoms with Gasteiger partial charge in [0, 0.05) is 18.0 Å². The maximum absolute atomic E-state index is 12.7. The number of rotatable bonds is 4. The molecule has 0 saturated heterocycles. The molecule has 2 aromatic carbocycles. The van der Waals surface area contributed by atoms with Crippen LogP contribution in [0.4, 0.5) is 0 Å². The molecule has 0 unspecified atom stereocenters. The number of fused-ring (bicyclic) bond motifs is 3. The summed E-state index contributed by atoms with van der Waals surface area (Å²) in [6.07, 6.45) is -0.150. The number of carbonyl (C=O) groups excluding carboxylic acids is 1. The molecular weight excluding hydrogens is 406 g/mol. The monoisotopic (exact) mass is 427 g/mol. The van der Waals surface area contributed by atoms with Crippen LogP contribution in [0.3, 0.4) is 0 Å². The summed E-state index contributed by atoms with van der Waals surface area (Å²) in [6, 6.07) is 11.9. The van der Waals surface area contributed by atoms with E-state index in [-0.39, 0.29) is 18.0 Å². The molecule has 1 aliphatic heterocycles. The number of halogens is 1. The average Bonchev–Trinajstić information content (AvgIpc) is 2.77. The van der Waals surface area contributed by atoms with E-state index < -0.39 is 11.6 Å². The molecule has 3 aromatic rings. The maximum atomic E-state index is 12.7. The highest BCUT2D eigenvalue weighted by atomic mass is 35.5. The van der Waals surface area contributed by atoms with E-state index in [1.807, 2.05) is 18.2 Å². The number of esters is 1. The molecule has 1 atom stereocenters. The molecule has 1 aromatic heterocycles. The summed E-state index contributed by atoms with van der Waals surface area (Å²) in [5.41, 5.74) is 2.71. The zero-order valence-corrected chi connectivity index (χ0v) is 17.8. The normalized spacial score (nSPS) is 14.8. The Balaban J connectivity index is 1.80. The van der Waals surface area contributed by atoms with Gasteiger partial charge in [0.25, 0.3) is 0 Å². The van der Waals surface area contributed by atoms with Gasteiger partial charge in [0.15, 0.2) is 0 Å². The summed E-state index contributed by atoms with van der Waals surface area (Å²) in [4.78, 5) is 26.5. The molecule has 0 spiro atoms. The first-order chi connectivity index (χ1) is 14.4. The second kappa shape index (κ2) is 8.13. The molecule has 7 heteroatoms. The van der Waals surface area contributed by atoms with Crippen LogP contribution in [-0.2, 0) is 22.5 Å². The number of carbonyl (C=O) groups is 1. The molecule has 30 heavy (non-hydrogen) atoms. The number of methoxy groups -OCH3 is 1. The Morgan fingerprint density at radius 2 is 2.03 bits per heavy atom. The fourth-order valence-electron chi connectivity index (χ4n) is 3.84. The molecule has 0 N–H and O–H groups in total. The summed E-state index contributed by atoms with van der Waals surface area (Å²) >= 11 is 6.51. The van der Waals surface area contributed by atoms with E-state index in [2.05, 4.69) is 24.0 Å². The van der Waals surface area contributed by atoms with E-state index in [1.165, 1.54) is 7.11 Å². The van der Waals surface area contributed by atoms with Crippen molar-refractivity contribution in [1.82, 2.24) is 4.90 Å². The summed E-state index contributed by atoms with van der Waals surface area (Å²) in [5.74, 6) is 0.0314. The summed E-state index contributed by atoms with van der Waals surface area (Å²) in [5, 5.41) is 1.14. The van der Waals surface area contributed by atoms with Crippen LogP contribution < -0.4 is 10.4 Å². The van der Waals surface area contributed by atoms with Crippen LogP contribution in [0.5, 0.6) is 5.75 Å². The Kier molecular flexibility index (Phi) is 5.54. The van der Waals surface area contributed by atoms with Crippen LogP contribution in [0.2, 0.25) is 5.02 Å². The third-order valence-corrected chi connectivity index (χ3v) is 5.97. The smallest absolute Gasteiger partial charge is 0.340 e. The fraction of sp³-hybridized carbons (Fsp3) is 0.304. The third-order valence-electron chi connectivity index (χ3n) is 5.69. The van der Waals surface area contributed by atoms with Gasteiger partial charge in [-0.2, -0.15) is 0 Å². The predicted octanol–water partition coefficient (Wildman–Crippen LogP) is 4.38. The molecule has 0 fully saturated rings. The number of ether oxygens (including phenoxy) is 2. The Labute approximate surface area is 179 Å². The van der Waals surface area contributed by atoms with Gasteiger partial charge in [-0.05, 0) is 31.0 Å². The number of hydrogen-bond donors (Lipinski definition) is 0. The van der Waals surface area contributed by atoms with Gasteiger partial charge in [0.05, 0.1) is 29.7 Å². The van der Waals surface area contributed by atoms with E-state index in [1.54, 1.807) is 13.0 Å². The van der Waals surface area contributed by atoms with E-state index in [4.69, 9.17) is 25.5 Å². The maximum Gasteiger partial charge on any atom is 0.340 e. The van der Waals surface area contributed by atoms with Crippen LogP contribution in [0, 0.1) is 6.92 Å². The lowest BCUT2D eigenvalue weighted by Crippen LogP contribution is -2.34. The van der Waals surface area contributed by atoms with Crippen LogP contribution in [0.15, 0.2) is 45.6 Å². The van der Waals surface area contributed by atoms with Crippen molar-refractivity contribution in [3.63, 3.8) is 0 Å². The van der Waals surface area contributed by atoms with Crippen molar-refractivity contribution < 1.29 is 18.7 Å². The second-order valence-corrected chi connectivity index (χ2v) is 7.80. The minimum atomic E-state index is -0.553. The highest BCUT2D eigenvalue weighted by molar-refractivity contribution is 6.33. The van der Waals surface area contributed by atoms with Crippen molar-refractivity contribution in [3.8, 4) is 5.75 Å². The number of aryl methyl sites for hydroxylation is 1. The molecule has 6 nitrogen and oxygen atoms in total. The van der Waals surface area contributed by atoms with Gasteiger partial charge < -0.3 is 13.9 Å². The molecule has 4 rings (SSSR count). The summed E-state index contributed by atoms with van der Waals surface area (Å²) < 4.78 is 16.3. The first-order valence-electron chi connectivity index (χ1n) is 9.67. The first-order valence-corrected chi connectivity index (χ1v) is 10.0. The van der Waals surface area contributed by atoms with Gasteiger partial charge >= 0.3 is 11.6 Å². The number of nitrogens with zero attached hydrogens (tertiary/aromatic N) is 1. The van der Waals surface area contributed by atoms with Crippen LogP contribution in [0.25, 0.3) is 11.0 Å². The molecule has 2 heterocycles. The first kappa shape index (κ1) is 20.4. The predicted molar refractivity (Wildman–Crippen MR) is 114 cm³/mol. The summed E-state index contributed by atoms with van der Waals surface area (Å²) in [7, 11) is 1.29. The van der Waals surface area contributed by atoms with E-state index >= 15 is 0 Å². The lowest BCUT2D eigenvalue weighted by molar-refractivity contribution is -0.139. The topological polar surface area (TPSA) is 69.0 Å². The fourth-order valence-corrected chi connectivity index (χ4v) is 4.12. The van der Waals surface area contributed by atoms with Crippen molar-refractivity contribution in [1.29, 1.82) is 0 Å². The lowest BCUT2D eigenvalue weighted by atomic mass is 9.99. The highest BCUT2D eigenvalue weighted by Crippen LogP contribution is 2.41. The van der Waals surface area contributed by atoms with Crippen molar-refractivity contribution >= 4 is 28.5 Å². The van der Waals surface area contributed by atoms with Gasteiger partial charge in [-0.15, -0.1) is 0 Å². The molecule has 0 aliphatic carbocycles. The standard InChI is InChI=1S/C23H22ClNO5/c1-13-16-9-19(24)22-18(21(16)30-23(27)17(13)10-20(26)28-3)11-25(12-29-22)14(2)15-7-5-4-6-8-15/h4-9,14H,10-12H2,1-3H3/t14-/m1/s1. The van der Waals surface area contributed by atoms with Gasteiger partial charge in [-0.1, -0.05) is 41.9 Å². The molecular formula is C23H22ClNO5. The molecule has 0 bridgehead atoms. The molecule has 156 valence electrons. The van der Waals surface area contributed by atoms with Crippen LogP contribution in [-0.4, -0.2) is 24.7 Å². The lowest BCUT2D eigenvalue weighted by Gasteiger charge is -2.34. The van der Waals surface area contributed by atoms with Crippen molar-refractivity contribution in [2.45, 2.75) is 32.9 Å². The zero-order chi connectivity index (χ0) is 21.4. The van der Waals surface area contributed by atoms with Gasteiger partial charge in [-0.3, -0.25) is 9.69 Å². The van der Waals surface area contributed by atoms with Gasteiger partial charge in [-0.25, -0.2) is 4.79 Å². The Bertz CT molecular complexity index is 1170. The van der Waals surface area contributed by atoms with E-state index in [9.17, 15) is 9.59 Å². The zero-order valence-electron chi connectivity index (χ0n) is 17.0. The van der Waals surface area contributed by atoms with Crippen LogP contribution in [0.1, 0.15) is 35.2 Å². The summed E-state index contributed by atoms with van der Waals surface area (Å²) in [6.45, 7) is 4.78. The van der Waals surface area contributed by atoms with E-state index in [0.717, 1.165) is 11.1 Å². The SMILES string of the molecule is COC(=O)Cc1c(C)c2cc(Cl)c3c(c2oc1=O)CN([C@H](C)c1ccccc1)CO3. The van der Waals surface area contributed by atoms with Crippen molar-refractivity contribution in [2.24, 2.45) is 0 Å². The van der Waals surface area contributed by atoms with Crippen LogP contribution >= 0.6 is 11.6 Å². The molecule has 0 saturated carbocycles. The minimum absolute atomic E-state index is 0.0970. The van der Waals surface area contributed by atoms with Gasteiger partial charge in [0.1, 0.15) is 18.1 Å². The second-order valence-electron chi connectivity index (χ2n) is 7.40. The Morgan fingerprint density at radius 1 is 1.30 bits per heavy atom. The largest absolute Gasteiger partial charge is 0.476 e. The Morgan fingerprint density at radius 3 is 2.73 bits per heavy atom. The average molecular weight is 428 g/mol. The molecule has 1 aliphatic rings. The number of benzene rings is 2. The Hall–Kier alpha value is -2.83. The minimum Gasteiger partial charge on any atom is -0.476 e. The van der Waals surface area contributed by atoms with Crippen molar-refractivity contribution in [2.75, 3.05) is 13.8 Å². The molecule has 0 amide bonds. The van der Waals surface area contributed by atoms with Gasteiger partial charge in [0.2, 0.25) is 0 Å². The number of hydrogen-bond acceptors (Lipinski definition) is 6. The molecule has 0 radical (unpaired) electrons. The van der Waals surface area contributed by atoms with E-state index in [0.29, 0.717) is 40.6 Å².